The molecule has 2 heterocycles. The Bertz CT molecular complexity index is 1300. The zero-order valence-electron chi connectivity index (χ0n) is 17.4. The van der Waals surface area contributed by atoms with Crippen molar-refractivity contribution in [2.45, 2.75) is 18.7 Å². The Morgan fingerprint density at radius 3 is 2.09 bits per heavy atom. The minimum atomic E-state index is -0.600. The molecule has 4 aromatic rings. The molecule has 0 spiro atoms. The lowest BCUT2D eigenvalue weighted by Crippen LogP contribution is -2.34. The number of nitrogens with zero attached hydrogens (tertiary/aromatic N) is 2. The lowest BCUT2D eigenvalue weighted by Gasteiger charge is -2.38. The number of benzene rings is 4. The van der Waals surface area contributed by atoms with Gasteiger partial charge in [0.05, 0.1) is 17.3 Å². The average Bonchev–Trinajstić information content (AvgIpc) is 3.31. The molecule has 2 aliphatic rings. The second kappa shape index (κ2) is 7.65. The van der Waals surface area contributed by atoms with Crippen molar-refractivity contribution in [3.05, 3.63) is 126 Å². The molecule has 2 atom stereocenters. The number of hydrazone groups is 1. The van der Waals surface area contributed by atoms with E-state index in [1.165, 1.54) is 17.2 Å². The lowest BCUT2D eigenvalue weighted by molar-refractivity contribution is -0.0212. The fraction of sp³-hybridized carbons (Fsp3) is 0.107. The van der Waals surface area contributed by atoms with Crippen molar-refractivity contribution in [1.82, 2.24) is 5.01 Å². The molecular formula is C28H21FN2O. The lowest BCUT2D eigenvalue weighted by atomic mass is 9.95. The van der Waals surface area contributed by atoms with Gasteiger partial charge in [0.25, 0.3) is 0 Å². The molecule has 0 fully saturated rings. The van der Waals surface area contributed by atoms with Gasteiger partial charge in [-0.1, -0.05) is 91.0 Å². The first kappa shape index (κ1) is 18.8. The van der Waals surface area contributed by atoms with Crippen molar-refractivity contribution in [1.29, 1.82) is 0 Å². The van der Waals surface area contributed by atoms with Gasteiger partial charge in [-0.25, -0.2) is 9.40 Å². The highest BCUT2D eigenvalue weighted by molar-refractivity contribution is 6.02. The van der Waals surface area contributed by atoms with Gasteiger partial charge in [-0.2, -0.15) is 5.10 Å². The van der Waals surface area contributed by atoms with Gasteiger partial charge in [-0.3, -0.25) is 0 Å². The molecule has 4 aromatic carbocycles. The summed E-state index contributed by atoms with van der Waals surface area (Å²) in [6.45, 7) is 0. The van der Waals surface area contributed by atoms with Crippen LogP contribution in [-0.4, -0.2) is 10.7 Å². The number of fused-ring (bicyclic) bond motifs is 3. The molecule has 0 radical (unpaired) electrons. The monoisotopic (exact) mass is 420 g/mol. The van der Waals surface area contributed by atoms with E-state index in [0.29, 0.717) is 5.56 Å². The number of para-hydroxylation sites is 1. The molecule has 0 amide bonds. The third-order valence-electron chi connectivity index (χ3n) is 6.20. The largest absolute Gasteiger partial charge is 0.464 e. The average molecular weight is 420 g/mol. The van der Waals surface area contributed by atoms with Gasteiger partial charge in [0, 0.05) is 12.0 Å². The number of rotatable bonds is 3. The van der Waals surface area contributed by atoms with Gasteiger partial charge in [0.15, 0.2) is 0 Å². The van der Waals surface area contributed by atoms with E-state index in [1.54, 1.807) is 12.1 Å². The highest BCUT2D eigenvalue weighted by Crippen LogP contribution is 2.47. The summed E-state index contributed by atoms with van der Waals surface area (Å²) in [4.78, 5) is 0. The topological polar surface area (TPSA) is 24.8 Å². The Hall–Kier alpha value is -3.92. The Morgan fingerprint density at radius 1 is 0.688 bits per heavy atom. The molecule has 0 unspecified atom stereocenters. The van der Waals surface area contributed by atoms with Crippen molar-refractivity contribution in [3.8, 4) is 16.9 Å². The van der Waals surface area contributed by atoms with E-state index < -0.39 is 6.23 Å². The molecule has 0 N–H and O–H groups in total. The maximum Gasteiger partial charge on any atom is 0.216 e. The summed E-state index contributed by atoms with van der Waals surface area (Å²) >= 11 is 0. The number of hydrogen-bond donors (Lipinski definition) is 0. The van der Waals surface area contributed by atoms with Crippen molar-refractivity contribution in [2.24, 2.45) is 5.10 Å². The van der Waals surface area contributed by atoms with E-state index in [-0.39, 0.29) is 11.9 Å². The van der Waals surface area contributed by atoms with Crippen LogP contribution in [0.5, 0.6) is 5.75 Å². The minimum Gasteiger partial charge on any atom is -0.464 e. The highest BCUT2D eigenvalue weighted by atomic mass is 19.1. The number of ether oxygens (including phenoxy) is 1. The molecular weight excluding hydrogens is 399 g/mol. The molecule has 4 heteroatoms. The third kappa shape index (κ3) is 3.16. The van der Waals surface area contributed by atoms with E-state index in [2.05, 4.69) is 42.5 Å². The Morgan fingerprint density at radius 2 is 1.31 bits per heavy atom. The van der Waals surface area contributed by atoms with Gasteiger partial charge >= 0.3 is 0 Å². The first-order valence-corrected chi connectivity index (χ1v) is 10.8. The summed E-state index contributed by atoms with van der Waals surface area (Å²) < 4.78 is 20.9. The molecule has 2 aliphatic heterocycles. The second-order valence-corrected chi connectivity index (χ2v) is 8.12. The quantitative estimate of drug-likeness (QED) is 0.367. The van der Waals surface area contributed by atoms with Crippen LogP contribution in [0, 0.1) is 5.82 Å². The van der Waals surface area contributed by atoms with Crippen LogP contribution in [0.1, 0.15) is 35.4 Å². The fourth-order valence-corrected chi connectivity index (χ4v) is 4.57. The predicted octanol–water partition coefficient (Wildman–Crippen LogP) is 6.74. The van der Waals surface area contributed by atoms with Crippen LogP contribution in [0.3, 0.4) is 0 Å². The Labute approximate surface area is 186 Å². The maximum absolute atomic E-state index is 14.7. The smallest absolute Gasteiger partial charge is 0.216 e. The summed E-state index contributed by atoms with van der Waals surface area (Å²) in [5.41, 5.74) is 5.99. The SMILES string of the molecule is Fc1ccccc1[C@H]1Oc2ccccc2[C@H]2CC(c3ccc(-c4ccccc4)cc3)=NN21. The molecule has 0 saturated heterocycles. The van der Waals surface area contributed by atoms with Gasteiger partial charge < -0.3 is 4.74 Å². The van der Waals surface area contributed by atoms with Crippen molar-refractivity contribution in [3.63, 3.8) is 0 Å². The third-order valence-corrected chi connectivity index (χ3v) is 6.20. The van der Waals surface area contributed by atoms with Crippen LogP contribution in [0.15, 0.2) is 108 Å². The first-order chi connectivity index (χ1) is 15.8. The Kier molecular flexibility index (Phi) is 4.50. The van der Waals surface area contributed by atoms with E-state index in [0.717, 1.165) is 29.0 Å². The standard InChI is InChI=1S/C28H21FN2O/c29-24-12-6-4-10-22(24)28-31-26(23-11-5-7-13-27(23)32-28)18-25(30-31)21-16-14-20(15-17-21)19-8-2-1-3-9-19/h1-17,26,28H,18H2/t26-,28-/m1/s1. The van der Waals surface area contributed by atoms with E-state index in [1.807, 2.05) is 47.5 Å². The summed E-state index contributed by atoms with van der Waals surface area (Å²) in [6, 6.07) is 33.6. The second-order valence-electron chi connectivity index (χ2n) is 8.12. The van der Waals surface area contributed by atoms with E-state index in [9.17, 15) is 4.39 Å². The van der Waals surface area contributed by atoms with Crippen LogP contribution in [0.25, 0.3) is 11.1 Å². The van der Waals surface area contributed by atoms with Crippen molar-refractivity contribution in [2.75, 3.05) is 0 Å². The van der Waals surface area contributed by atoms with Crippen LogP contribution in [-0.2, 0) is 0 Å². The predicted molar refractivity (Wildman–Crippen MR) is 124 cm³/mol. The summed E-state index contributed by atoms with van der Waals surface area (Å²) in [5.74, 6) is 0.504. The van der Waals surface area contributed by atoms with E-state index in [4.69, 9.17) is 9.84 Å². The van der Waals surface area contributed by atoms with Crippen molar-refractivity contribution >= 4 is 5.71 Å². The summed E-state index contributed by atoms with van der Waals surface area (Å²) in [5, 5.41) is 6.86. The fourth-order valence-electron chi connectivity index (χ4n) is 4.57. The number of halogens is 1. The summed E-state index contributed by atoms with van der Waals surface area (Å²) in [6.07, 6.45) is 0.146. The van der Waals surface area contributed by atoms with Crippen LogP contribution in [0.4, 0.5) is 4.39 Å². The van der Waals surface area contributed by atoms with Gasteiger partial charge in [-0.05, 0) is 28.8 Å². The molecule has 0 bridgehead atoms. The van der Waals surface area contributed by atoms with Crippen molar-refractivity contribution < 1.29 is 9.13 Å². The molecule has 6 rings (SSSR count). The maximum atomic E-state index is 14.7. The molecule has 156 valence electrons. The molecule has 3 nitrogen and oxygen atoms in total. The zero-order chi connectivity index (χ0) is 21.5. The first-order valence-electron chi connectivity index (χ1n) is 10.8. The molecule has 0 aromatic heterocycles. The highest BCUT2D eigenvalue weighted by Gasteiger charge is 2.41. The summed E-state index contributed by atoms with van der Waals surface area (Å²) in [7, 11) is 0. The van der Waals surface area contributed by atoms with E-state index >= 15 is 0 Å². The van der Waals surface area contributed by atoms with Gasteiger partial charge in [0.1, 0.15) is 11.6 Å². The molecule has 0 aliphatic carbocycles. The minimum absolute atomic E-state index is 0.00774. The van der Waals surface area contributed by atoms with Crippen LogP contribution >= 0.6 is 0 Å². The van der Waals surface area contributed by atoms with Crippen LogP contribution in [0.2, 0.25) is 0 Å². The number of hydrogen-bond acceptors (Lipinski definition) is 3. The van der Waals surface area contributed by atoms with Gasteiger partial charge in [-0.15, -0.1) is 0 Å². The zero-order valence-corrected chi connectivity index (χ0v) is 17.4. The molecule has 32 heavy (non-hydrogen) atoms. The van der Waals surface area contributed by atoms with Gasteiger partial charge in [0.2, 0.25) is 6.23 Å². The normalized spacial score (nSPS) is 19.0. The molecule has 0 saturated carbocycles. The Balaban J connectivity index is 1.38. The van der Waals surface area contributed by atoms with Crippen LogP contribution < -0.4 is 4.74 Å².